The minimum absolute atomic E-state index is 0.0325. The molecule has 0 unspecified atom stereocenters. The Labute approximate surface area is 176 Å². The first-order valence-electron chi connectivity index (χ1n) is 9.82. The molecular weight excluding hydrogens is 378 g/mol. The topological polar surface area (TPSA) is 64.6 Å². The van der Waals surface area contributed by atoms with Crippen molar-refractivity contribution in [1.82, 2.24) is 0 Å². The fourth-order valence-electron chi connectivity index (χ4n) is 3.22. The van der Waals surface area contributed by atoms with Gasteiger partial charge in [-0.15, -0.1) is 0 Å². The summed E-state index contributed by atoms with van der Waals surface area (Å²) in [6.07, 6.45) is 1.93. The largest absolute Gasteiger partial charge is 0.497 e. The number of benzene rings is 3. The maximum atomic E-state index is 12.9. The molecule has 0 radical (unpaired) electrons. The van der Waals surface area contributed by atoms with Gasteiger partial charge in [0.05, 0.1) is 19.9 Å². The average Bonchev–Trinajstić information content (AvgIpc) is 2.79. The first-order chi connectivity index (χ1) is 14.6. The van der Waals surface area contributed by atoms with Crippen molar-refractivity contribution in [3.8, 4) is 11.5 Å². The van der Waals surface area contributed by atoms with E-state index in [1.165, 1.54) is 12.7 Å². The number of anilines is 1. The van der Waals surface area contributed by atoms with Crippen molar-refractivity contribution in [2.24, 2.45) is 0 Å². The summed E-state index contributed by atoms with van der Waals surface area (Å²) in [5, 5.41) is 2.85. The molecule has 0 aliphatic heterocycles. The molecule has 1 amide bonds. The van der Waals surface area contributed by atoms with Gasteiger partial charge in [-0.25, -0.2) is 0 Å². The van der Waals surface area contributed by atoms with Crippen LogP contribution >= 0.6 is 0 Å². The Kier molecular flexibility index (Phi) is 7.22. The van der Waals surface area contributed by atoms with Crippen LogP contribution in [0.15, 0.2) is 72.8 Å². The van der Waals surface area contributed by atoms with Gasteiger partial charge in [-0.3, -0.25) is 9.59 Å². The van der Waals surface area contributed by atoms with E-state index < -0.39 is 0 Å². The predicted octanol–water partition coefficient (Wildman–Crippen LogP) is 5.16. The van der Waals surface area contributed by atoms with Crippen LogP contribution < -0.4 is 14.8 Å². The Hall–Kier alpha value is -3.60. The van der Waals surface area contributed by atoms with Crippen molar-refractivity contribution in [3.05, 3.63) is 89.5 Å². The number of ether oxygens (including phenoxy) is 2. The lowest BCUT2D eigenvalue weighted by Crippen LogP contribution is -2.16. The first-order valence-corrected chi connectivity index (χ1v) is 9.82. The van der Waals surface area contributed by atoms with Crippen LogP contribution in [0.5, 0.6) is 11.5 Å². The maximum Gasteiger partial charge on any atom is 0.255 e. The standard InChI is InChI=1S/C25H25NO4/c1-29-20-16-14-19(15-17-20)25(28)26-24-21(11-7-13-23(24)30-2)22(27)12-6-10-18-8-4-3-5-9-18/h3-5,7-9,11,13-17H,6,10,12H2,1-2H3,(H,26,28). The molecule has 0 spiro atoms. The van der Waals surface area contributed by atoms with Crippen LogP contribution in [-0.4, -0.2) is 25.9 Å². The molecule has 1 N–H and O–H groups in total. The van der Waals surface area contributed by atoms with E-state index in [0.717, 1.165) is 12.8 Å². The number of hydrogen-bond donors (Lipinski definition) is 1. The molecule has 5 nitrogen and oxygen atoms in total. The third-order valence-electron chi connectivity index (χ3n) is 4.85. The summed E-state index contributed by atoms with van der Waals surface area (Å²) in [6.45, 7) is 0. The van der Waals surface area contributed by atoms with Crippen LogP contribution in [0.4, 0.5) is 5.69 Å². The van der Waals surface area contributed by atoms with E-state index in [1.807, 2.05) is 18.2 Å². The van der Waals surface area contributed by atoms with Gasteiger partial charge in [0.25, 0.3) is 5.91 Å². The summed E-state index contributed by atoms with van der Waals surface area (Å²) < 4.78 is 10.5. The number of amides is 1. The average molecular weight is 403 g/mol. The van der Waals surface area contributed by atoms with Gasteiger partial charge in [0.1, 0.15) is 11.5 Å². The lowest BCUT2D eigenvalue weighted by atomic mass is 10.0. The van der Waals surface area contributed by atoms with Gasteiger partial charge in [-0.1, -0.05) is 36.4 Å². The van der Waals surface area contributed by atoms with E-state index in [9.17, 15) is 9.59 Å². The maximum absolute atomic E-state index is 12.9. The molecule has 0 aliphatic rings. The number of ketones is 1. The van der Waals surface area contributed by atoms with E-state index in [0.29, 0.717) is 34.7 Å². The van der Waals surface area contributed by atoms with Gasteiger partial charge in [0.15, 0.2) is 5.78 Å². The monoisotopic (exact) mass is 403 g/mol. The number of hydrogen-bond acceptors (Lipinski definition) is 4. The number of aryl methyl sites for hydroxylation is 1. The summed E-state index contributed by atoms with van der Waals surface area (Å²) in [4.78, 5) is 25.6. The number of Topliss-reactive ketones (excluding diaryl/α,β-unsaturated/α-hetero) is 1. The molecule has 154 valence electrons. The minimum atomic E-state index is -0.319. The van der Waals surface area contributed by atoms with Crippen molar-refractivity contribution < 1.29 is 19.1 Å². The van der Waals surface area contributed by atoms with Crippen molar-refractivity contribution >= 4 is 17.4 Å². The molecule has 3 aromatic carbocycles. The molecule has 0 bridgehead atoms. The highest BCUT2D eigenvalue weighted by atomic mass is 16.5. The fourth-order valence-corrected chi connectivity index (χ4v) is 3.22. The second-order valence-electron chi connectivity index (χ2n) is 6.83. The zero-order chi connectivity index (χ0) is 21.3. The smallest absolute Gasteiger partial charge is 0.255 e. The molecule has 0 saturated carbocycles. The number of methoxy groups -OCH3 is 2. The van der Waals surface area contributed by atoms with E-state index in [4.69, 9.17) is 9.47 Å². The van der Waals surface area contributed by atoms with Crippen molar-refractivity contribution in [3.63, 3.8) is 0 Å². The van der Waals surface area contributed by atoms with E-state index in [2.05, 4.69) is 17.4 Å². The van der Waals surface area contributed by atoms with E-state index in [1.54, 1.807) is 49.6 Å². The van der Waals surface area contributed by atoms with Crippen LogP contribution in [0.1, 0.15) is 39.1 Å². The highest BCUT2D eigenvalue weighted by Crippen LogP contribution is 2.30. The zero-order valence-electron chi connectivity index (χ0n) is 17.2. The Bertz CT molecular complexity index is 997. The third kappa shape index (κ3) is 5.26. The Morgan fingerprint density at radius 1 is 0.833 bits per heavy atom. The summed E-state index contributed by atoms with van der Waals surface area (Å²) in [5.41, 5.74) is 2.50. The van der Waals surface area contributed by atoms with Crippen LogP contribution in [0.2, 0.25) is 0 Å². The van der Waals surface area contributed by atoms with E-state index >= 15 is 0 Å². The van der Waals surface area contributed by atoms with Gasteiger partial charge < -0.3 is 14.8 Å². The lowest BCUT2D eigenvalue weighted by Gasteiger charge is -2.15. The number of carbonyl (C=O) groups excluding carboxylic acids is 2. The SMILES string of the molecule is COc1ccc(C(=O)Nc2c(OC)cccc2C(=O)CCCc2ccccc2)cc1. The van der Waals surface area contributed by atoms with Gasteiger partial charge in [0, 0.05) is 17.5 Å². The molecule has 30 heavy (non-hydrogen) atoms. The van der Waals surface area contributed by atoms with Gasteiger partial charge in [-0.2, -0.15) is 0 Å². The molecule has 0 aliphatic carbocycles. The normalized spacial score (nSPS) is 10.3. The highest BCUT2D eigenvalue weighted by Gasteiger charge is 2.18. The number of para-hydroxylation sites is 1. The molecule has 3 aromatic rings. The van der Waals surface area contributed by atoms with Crippen LogP contribution in [0.25, 0.3) is 0 Å². The summed E-state index contributed by atoms with van der Waals surface area (Å²) >= 11 is 0. The van der Waals surface area contributed by atoms with Gasteiger partial charge in [-0.05, 0) is 54.8 Å². The lowest BCUT2D eigenvalue weighted by molar-refractivity contribution is 0.0981. The summed E-state index contributed by atoms with van der Waals surface area (Å²) in [6, 6.07) is 22.0. The molecule has 3 rings (SSSR count). The number of nitrogens with one attached hydrogen (secondary N) is 1. The van der Waals surface area contributed by atoms with Crippen LogP contribution in [-0.2, 0) is 6.42 Å². The number of rotatable bonds is 9. The van der Waals surface area contributed by atoms with Gasteiger partial charge >= 0.3 is 0 Å². The van der Waals surface area contributed by atoms with Crippen LogP contribution in [0, 0.1) is 0 Å². The predicted molar refractivity (Wildman–Crippen MR) is 118 cm³/mol. The second kappa shape index (κ2) is 10.3. The van der Waals surface area contributed by atoms with Crippen molar-refractivity contribution in [2.75, 3.05) is 19.5 Å². The molecule has 5 heteroatoms. The fraction of sp³-hybridized carbons (Fsp3) is 0.200. The quantitative estimate of drug-likeness (QED) is 0.501. The molecule has 0 heterocycles. The number of carbonyl (C=O) groups is 2. The molecule has 0 saturated heterocycles. The van der Waals surface area contributed by atoms with Crippen molar-refractivity contribution in [1.29, 1.82) is 0 Å². The zero-order valence-corrected chi connectivity index (χ0v) is 17.2. The van der Waals surface area contributed by atoms with Crippen LogP contribution in [0.3, 0.4) is 0 Å². The molecule has 0 atom stereocenters. The minimum Gasteiger partial charge on any atom is -0.497 e. The van der Waals surface area contributed by atoms with Gasteiger partial charge in [0.2, 0.25) is 0 Å². The Morgan fingerprint density at radius 3 is 2.23 bits per heavy atom. The molecular formula is C25H25NO4. The highest BCUT2D eigenvalue weighted by molar-refractivity contribution is 6.10. The second-order valence-corrected chi connectivity index (χ2v) is 6.83. The summed E-state index contributed by atoms with van der Waals surface area (Å²) in [5.74, 6) is 0.763. The molecule has 0 aromatic heterocycles. The molecule has 0 fully saturated rings. The third-order valence-corrected chi connectivity index (χ3v) is 4.85. The first kappa shape index (κ1) is 21.1. The van der Waals surface area contributed by atoms with E-state index in [-0.39, 0.29) is 11.7 Å². The van der Waals surface area contributed by atoms with Crippen molar-refractivity contribution in [2.45, 2.75) is 19.3 Å². The Balaban J connectivity index is 1.74. The Morgan fingerprint density at radius 2 is 1.57 bits per heavy atom. The summed E-state index contributed by atoms with van der Waals surface area (Å²) in [7, 11) is 3.08.